The summed E-state index contributed by atoms with van der Waals surface area (Å²) < 4.78 is 37.4. The average molecular weight is 534 g/mol. The number of para-hydroxylation sites is 1. The summed E-state index contributed by atoms with van der Waals surface area (Å²) in [5.74, 6) is -2.07. The molecule has 2 heterocycles. The minimum Gasteiger partial charge on any atom is -0.459 e. The highest BCUT2D eigenvalue weighted by Gasteiger charge is 2.53. The highest BCUT2D eigenvalue weighted by Crippen LogP contribution is 2.35. The second-order valence-corrected chi connectivity index (χ2v) is 9.20. The van der Waals surface area contributed by atoms with Crippen molar-refractivity contribution >= 4 is 17.7 Å². The maximum Gasteiger partial charge on any atom is 0.329 e. The summed E-state index contributed by atoms with van der Waals surface area (Å²) in [5, 5.41) is 0. The Labute approximate surface area is 224 Å². The molecule has 1 atom stereocenters. The molecule has 3 aromatic rings. The van der Waals surface area contributed by atoms with Crippen LogP contribution >= 0.6 is 0 Å². The van der Waals surface area contributed by atoms with Crippen molar-refractivity contribution in [3.05, 3.63) is 95.8 Å². The van der Waals surface area contributed by atoms with Gasteiger partial charge < -0.3 is 29.6 Å². The smallest absolute Gasteiger partial charge is 0.329 e. The topological polar surface area (TPSA) is 113 Å². The van der Waals surface area contributed by atoms with Crippen LogP contribution in [0.25, 0.3) is 0 Å². The molecule has 0 radical (unpaired) electrons. The number of hydrogen-bond acceptors (Lipinski definition) is 7. The number of halogens is 1. The lowest BCUT2D eigenvalue weighted by Crippen LogP contribution is -2.43. The number of nitrogens with two attached hydrogens (primary N) is 1. The van der Waals surface area contributed by atoms with Gasteiger partial charge in [-0.05, 0) is 29.8 Å². The lowest BCUT2D eigenvalue weighted by molar-refractivity contribution is -0.155. The number of amides is 1. The fraction of sp³-hybridized carbons (Fsp3) is 0.276. The minimum atomic E-state index is -1.07. The molecule has 3 aromatic carbocycles. The van der Waals surface area contributed by atoms with Crippen molar-refractivity contribution in [2.45, 2.75) is 24.9 Å². The van der Waals surface area contributed by atoms with Crippen molar-refractivity contribution in [3.8, 4) is 11.5 Å². The number of amidine groups is 1. The van der Waals surface area contributed by atoms with Gasteiger partial charge in [-0.2, -0.15) is 0 Å². The Hall–Kier alpha value is -4.28. The largest absolute Gasteiger partial charge is 0.459 e. The molecule has 202 valence electrons. The second-order valence-electron chi connectivity index (χ2n) is 9.20. The Morgan fingerprint density at radius 1 is 1.00 bits per heavy atom. The van der Waals surface area contributed by atoms with Gasteiger partial charge in [-0.15, -0.1) is 0 Å². The second kappa shape index (κ2) is 11.6. The first-order valence-electron chi connectivity index (χ1n) is 12.5. The third-order valence-corrected chi connectivity index (χ3v) is 6.50. The van der Waals surface area contributed by atoms with E-state index in [9.17, 15) is 14.0 Å². The first-order valence-corrected chi connectivity index (χ1v) is 12.5. The predicted octanol–water partition coefficient (Wildman–Crippen LogP) is 3.41. The Bertz CT molecular complexity index is 1350. The summed E-state index contributed by atoms with van der Waals surface area (Å²) in [6, 6.07) is 21.5. The minimum absolute atomic E-state index is 0.0300. The molecule has 9 nitrogen and oxygen atoms in total. The van der Waals surface area contributed by atoms with Crippen molar-refractivity contribution in [2.75, 3.05) is 26.3 Å². The van der Waals surface area contributed by atoms with Crippen LogP contribution in [0.3, 0.4) is 0 Å². The van der Waals surface area contributed by atoms with Gasteiger partial charge in [0.1, 0.15) is 42.3 Å². The van der Waals surface area contributed by atoms with Crippen LogP contribution in [0.5, 0.6) is 11.5 Å². The molecule has 0 unspecified atom stereocenters. The van der Waals surface area contributed by atoms with Crippen LogP contribution in [0.2, 0.25) is 0 Å². The van der Waals surface area contributed by atoms with Crippen LogP contribution < -0.4 is 10.5 Å². The fourth-order valence-corrected chi connectivity index (χ4v) is 4.56. The summed E-state index contributed by atoms with van der Waals surface area (Å²) in [4.78, 5) is 31.6. The SMILES string of the molecule is NC(=NCC(=O)N1CC2(C[C@H]1C(=O)OCc1ccccc1)OCCO2)c1ccc(Oc2ccccc2)cc1F. The van der Waals surface area contributed by atoms with Gasteiger partial charge in [0.05, 0.1) is 25.3 Å². The van der Waals surface area contributed by atoms with E-state index in [2.05, 4.69) is 4.99 Å². The molecule has 2 aliphatic rings. The van der Waals surface area contributed by atoms with E-state index in [-0.39, 0.29) is 31.0 Å². The molecular formula is C29H28FN3O6. The van der Waals surface area contributed by atoms with Crippen LogP contribution in [-0.4, -0.2) is 60.7 Å². The van der Waals surface area contributed by atoms with Gasteiger partial charge in [-0.1, -0.05) is 48.5 Å². The molecule has 0 saturated carbocycles. The van der Waals surface area contributed by atoms with Crippen molar-refractivity contribution in [1.82, 2.24) is 4.90 Å². The number of esters is 1. The molecule has 39 heavy (non-hydrogen) atoms. The maximum absolute atomic E-state index is 14.8. The molecule has 0 aromatic heterocycles. The van der Waals surface area contributed by atoms with E-state index < -0.39 is 36.1 Å². The van der Waals surface area contributed by atoms with Gasteiger partial charge in [0.25, 0.3) is 0 Å². The Balaban J connectivity index is 1.25. The van der Waals surface area contributed by atoms with Crippen LogP contribution in [0.1, 0.15) is 17.5 Å². The molecule has 2 fully saturated rings. The Kier molecular flexibility index (Phi) is 7.85. The van der Waals surface area contributed by atoms with Gasteiger partial charge in [-0.25, -0.2) is 9.18 Å². The van der Waals surface area contributed by atoms with Crippen molar-refractivity contribution in [1.29, 1.82) is 0 Å². The number of benzene rings is 3. The monoisotopic (exact) mass is 533 g/mol. The molecule has 5 rings (SSSR count). The van der Waals surface area contributed by atoms with E-state index in [0.717, 1.165) is 5.56 Å². The quantitative estimate of drug-likeness (QED) is 0.268. The lowest BCUT2D eigenvalue weighted by atomic mass is 10.1. The van der Waals surface area contributed by atoms with Crippen molar-refractivity contribution in [2.24, 2.45) is 10.7 Å². The maximum atomic E-state index is 14.8. The molecule has 0 bridgehead atoms. The van der Waals surface area contributed by atoms with Crippen LogP contribution in [0.15, 0.2) is 83.9 Å². The van der Waals surface area contributed by atoms with Crippen molar-refractivity contribution in [3.63, 3.8) is 0 Å². The fourth-order valence-electron chi connectivity index (χ4n) is 4.56. The van der Waals surface area contributed by atoms with Gasteiger partial charge in [0.2, 0.25) is 5.91 Å². The molecule has 1 spiro atoms. The zero-order valence-corrected chi connectivity index (χ0v) is 21.1. The number of carbonyl (C=O) groups is 2. The van der Waals surface area contributed by atoms with Crippen LogP contribution in [0.4, 0.5) is 4.39 Å². The summed E-state index contributed by atoms with van der Waals surface area (Å²) in [7, 11) is 0. The molecular weight excluding hydrogens is 505 g/mol. The summed E-state index contributed by atoms with van der Waals surface area (Å²) in [6.45, 7) is 0.448. The number of rotatable bonds is 8. The number of carbonyl (C=O) groups excluding carboxylic acids is 2. The Morgan fingerprint density at radius 3 is 2.38 bits per heavy atom. The standard InChI is InChI=1S/C29H28FN3O6/c30-24-15-22(39-21-9-5-2-6-10-21)11-12-23(24)27(31)32-17-26(34)33-19-29(37-13-14-38-29)16-25(33)28(35)36-18-20-7-3-1-4-8-20/h1-12,15,25H,13-14,16-19H2,(H2,31,32)/t25-/m0/s1. The normalized spacial score (nSPS) is 18.3. The number of likely N-dealkylation sites (tertiary alicyclic amines) is 1. The highest BCUT2D eigenvalue weighted by molar-refractivity contribution is 5.99. The van der Waals surface area contributed by atoms with E-state index in [4.69, 9.17) is 24.7 Å². The first kappa shape index (κ1) is 26.3. The van der Waals surface area contributed by atoms with E-state index in [1.807, 2.05) is 48.5 Å². The molecule has 2 saturated heterocycles. The molecule has 2 aliphatic heterocycles. The van der Waals surface area contributed by atoms with E-state index in [0.29, 0.717) is 24.7 Å². The first-order chi connectivity index (χ1) is 18.9. The third kappa shape index (κ3) is 6.24. The molecule has 2 N–H and O–H groups in total. The van der Waals surface area contributed by atoms with E-state index >= 15 is 0 Å². The molecule has 0 aliphatic carbocycles. The zero-order chi connectivity index (χ0) is 27.2. The van der Waals surface area contributed by atoms with Gasteiger partial charge in [0.15, 0.2) is 5.79 Å². The van der Waals surface area contributed by atoms with Crippen molar-refractivity contribution < 1.29 is 32.9 Å². The summed E-state index contributed by atoms with van der Waals surface area (Å²) >= 11 is 0. The number of hydrogen-bond donors (Lipinski definition) is 1. The molecule has 10 heteroatoms. The summed E-state index contributed by atoms with van der Waals surface area (Å²) in [6.07, 6.45) is 0.142. The highest BCUT2D eigenvalue weighted by atomic mass is 19.1. The van der Waals surface area contributed by atoms with Gasteiger partial charge >= 0.3 is 5.97 Å². The summed E-state index contributed by atoms with van der Waals surface area (Å²) in [5.41, 5.74) is 6.88. The van der Waals surface area contributed by atoms with Crippen LogP contribution in [-0.2, 0) is 30.4 Å². The van der Waals surface area contributed by atoms with E-state index in [1.165, 1.54) is 17.0 Å². The lowest BCUT2D eigenvalue weighted by Gasteiger charge is -2.23. The molecule has 1 amide bonds. The number of aliphatic imine (C=N–C) groups is 1. The number of ether oxygens (including phenoxy) is 4. The van der Waals surface area contributed by atoms with Crippen LogP contribution in [0, 0.1) is 5.82 Å². The third-order valence-electron chi connectivity index (χ3n) is 6.50. The van der Waals surface area contributed by atoms with Gasteiger partial charge in [0, 0.05) is 12.5 Å². The zero-order valence-electron chi connectivity index (χ0n) is 21.1. The average Bonchev–Trinajstić information content (AvgIpc) is 3.58. The predicted molar refractivity (Wildman–Crippen MR) is 139 cm³/mol. The van der Waals surface area contributed by atoms with E-state index in [1.54, 1.807) is 18.2 Å². The Morgan fingerprint density at radius 2 is 1.69 bits per heavy atom. The van der Waals surface area contributed by atoms with Gasteiger partial charge in [-0.3, -0.25) is 9.79 Å². The number of nitrogens with zero attached hydrogens (tertiary/aromatic N) is 2.